The number of carbonyl (C=O) groups excluding carboxylic acids is 1. The number of fused-ring (bicyclic) bond motifs is 5. The van der Waals surface area contributed by atoms with Crippen LogP contribution in [0.15, 0.2) is 65.5 Å². The van der Waals surface area contributed by atoms with Crippen LogP contribution < -0.4 is 15.6 Å². The van der Waals surface area contributed by atoms with Gasteiger partial charge in [0.05, 0.1) is 50.6 Å². The van der Waals surface area contributed by atoms with Crippen LogP contribution in [0.3, 0.4) is 0 Å². The number of sulfonamides is 1. The number of hydrogen-bond acceptors (Lipinski definition) is 8. The number of aromatic nitrogens is 7. The van der Waals surface area contributed by atoms with Crippen molar-refractivity contribution in [2.24, 2.45) is 13.0 Å². The fraction of sp³-hybridized carbons (Fsp3) is 0.268. The number of amides is 1. The summed E-state index contributed by atoms with van der Waals surface area (Å²) in [5, 5.41) is 9.94. The van der Waals surface area contributed by atoms with Crippen LogP contribution in [-0.2, 0) is 46.9 Å². The second kappa shape index (κ2) is 15.5. The van der Waals surface area contributed by atoms with Crippen LogP contribution >= 0.6 is 11.6 Å². The highest BCUT2D eigenvalue weighted by Crippen LogP contribution is 2.68. The van der Waals surface area contributed by atoms with Crippen molar-refractivity contribution < 1.29 is 57.1 Å². The number of hydrogen-bond donors (Lipinski definition) is 2. The molecule has 0 saturated heterocycles. The number of nitrogens with one attached hydrogen (secondary N) is 2. The molecular weight excluding hydrogens is 940 g/mol. The summed E-state index contributed by atoms with van der Waals surface area (Å²) in [5.74, 6) is -11.6. The lowest BCUT2D eigenvalue weighted by Crippen LogP contribution is -2.38. The van der Waals surface area contributed by atoms with Gasteiger partial charge in [0.1, 0.15) is 41.2 Å². The first kappa shape index (κ1) is 44.6. The first-order valence-electron chi connectivity index (χ1n) is 19.4. The van der Waals surface area contributed by atoms with E-state index in [0.29, 0.717) is 22.9 Å². The second-order valence-corrected chi connectivity index (χ2v) is 17.9. The summed E-state index contributed by atoms with van der Waals surface area (Å²) >= 11 is 6.57. The van der Waals surface area contributed by atoms with Crippen LogP contribution in [0, 0.1) is 23.4 Å². The maximum atomic E-state index is 15.5. The molecule has 9 rings (SSSR count). The Hall–Kier alpha value is -6.56. The van der Waals surface area contributed by atoms with E-state index >= 15 is 8.78 Å². The van der Waals surface area contributed by atoms with E-state index in [1.165, 1.54) is 19.2 Å². The quantitative estimate of drug-likeness (QED) is 0.123. The summed E-state index contributed by atoms with van der Waals surface area (Å²) in [4.78, 5) is 38.0. The Bertz CT molecular complexity index is 3360. The Kier molecular flexibility index (Phi) is 10.5. The predicted octanol–water partition coefficient (Wildman–Crippen LogP) is 8.24. The van der Waals surface area contributed by atoms with E-state index in [0.717, 1.165) is 45.8 Å². The Morgan fingerprint density at radius 3 is 2.36 bits per heavy atom. The molecular formula is C41H28ClF10N9O4S. The van der Waals surface area contributed by atoms with Crippen LogP contribution in [-0.4, -0.2) is 54.7 Å². The zero-order chi connectivity index (χ0) is 47.5. The molecule has 1 saturated carbocycles. The van der Waals surface area contributed by atoms with Gasteiger partial charge in [-0.2, -0.15) is 32.1 Å². The molecule has 0 aliphatic heterocycles. The highest BCUT2D eigenvalue weighted by atomic mass is 35.5. The number of nitrogens with zero attached hydrogens (tertiary/aromatic N) is 7. The molecule has 3 atom stereocenters. The molecule has 7 aromatic rings. The minimum atomic E-state index is -5.13. The van der Waals surface area contributed by atoms with E-state index in [2.05, 4.69) is 30.2 Å². The van der Waals surface area contributed by atoms with Crippen LogP contribution in [0.5, 0.6) is 0 Å². The molecule has 0 bridgehead atoms. The normalized spacial score (nSPS) is 17.1. The Labute approximate surface area is 369 Å². The molecule has 2 aliphatic rings. The number of pyridine rings is 1. The molecule has 25 heteroatoms. The van der Waals surface area contributed by atoms with E-state index in [1.54, 1.807) is 0 Å². The average molecular weight is 968 g/mol. The molecule has 344 valence electrons. The highest BCUT2D eigenvalue weighted by Gasteiger charge is 2.67. The zero-order valence-electron chi connectivity index (χ0n) is 33.5. The van der Waals surface area contributed by atoms with E-state index in [9.17, 15) is 53.1 Å². The van der Waals surface area contributed by atoms with Gasteiger partial charge in [-0.25, -0.2) is 40.3 Å². The van der Waals surface area contributed by atoms with E-state index in [4.69, 9.17) is 11.6 Å². The maximum absolute atomic E-state index is 15.5. The summed E-state index contributed by atoms with van der Waals surface area (Å²) in [6.45, 7) is -1.11. The number of aryl methyl sites for hydroxylation is 1. The van der Waals surface area contributed by atoms with Crippen molar-refractivity contribution in [3.63, 3.8) is 0 Å². The van der Waals surface area contributed by atoms with Crippen LogP contribution in [0.2, 0.25) is 5.02 Å². The lowest BCUT2D eigenvalue weighted by atomic mass is 10.0. The monoisotopic (exact) mass is 967 g/mol. The molecule has 2 N–H and O–H groups in total. The predicted molar refractivity (Wildman–Crippen MR) is 216 cm³/mol. The maximum Gasteiger partial charge on any atom is 0.419 e. The second-order valence-electron chi connectivity index (χ2n) is 15.8. The van der Waals surface area contributed by atoms with Gasteiger partial charge in [-0.15, -0.1) is 0 Å². The highest BCUT2D eigenvalue weighted by molar-refractivity contribution is 7.92. The Morgan fingerprint density at radius 1 is 0.985 bits per heavy atom. The number of alkyl halides is 7. The summed E-state index contributed by atoms with van der Waals surface area (Å²) in [7, 11) is -2.65. The SMILES string of the molecule is Cn1nc(NS(C)(=O)=O)c2c(Cl)ccc(-n3c([C@H](Cc4cc(F)cc(F)c4)NC(=O)Cn4nc(C(F)F)c5c4C(F)(F)[C@@H]4C[C@H]54)nc4nc(-c5ccc(F)c(C(F)(F)F)c5)ccc4c3=O)c21. The van der Waals surface area contributed by atoms with Gasteiger partial charge in [0, 0.05) is 36.6 Å². The molecule has 13 nitrogen and oxygen atoms in total. The van der Waals surface area contributed by atoms with Gasteiger partial charge >= 0.3 is 6.18 Å². The smallest absolute Gasteiger partial charge is 0.344 e. The number of anilines is 1. The molecule has 66 heavy (non-hydrogen) atoms. The first-order chi connectivity index (χ1) is 30.9. The minimum absolute atomic E-state index is 0.0389. The molecule has 1 amide bonds. The summed E-state index contributed by atoms with van der Waals surface area (Å²) < 4.78 is 174. The number of halogens is 11. The van der Waals surface area contributed by atoms with Gasteiger partial charge in [-0.05, 0) is 72.5 Å². The molecule has 3 aromatic carbocycles. The molecule has 2 aliphatic carbocycles. The molecule has 0 spiro atoms. The molecule has 4 aromatic heterocycles. The van der Waals surface area contributed by atoms with Crippen molar-refractivity contribution in [1.29, 1.82) is 0 Å². The van der Waals surface area contributed by atoms with Crippen molar-refractivity contribution in [2.75, 3.05) is 11.0 Å². The van der Waals surface area contributed by atoms with Crippen molar-refractivity contribution >= 4 is 55.3 Å². The fourth-order valence-electron chi connectivity index (χ4n) is 8.52. The van der Waals surface area contributed by atoms with E-state index in [1.807, 2.05) is 0 Å². The van der Waals surface area contributed by atoms with Crippen molar-refractivity contribution in [3.8, 4) is 16.9 Å². The average Bonchev–Trinajstić information content (AvgIpc) is 3.75. The topological polar surface area (TPSA) is 159 Å². The number of rotatable bonds is 11. The summed E-state index contributed by atoms with van der Waals surface area (Å²) in [5.41, 5.74) is -6.24. The fourth-order valence-corrected chi connectivity index (χ4v) is 9.26. The molecule has 0 radical (unpaired) electrons. The minimum Gasteiger partial charge on any atom is -0.344 e. The van der Waals surface area contributed by atoms with E-state index in [-0.39, 0.29) is 61.6 Å². The van der Waals surface area contributed by atoms with Crippen molar-refractivity contribution in [3.05, 3.63) is 127 Å². The third-order valence-electron chi connectivity index (χ3n) is 11.2. The summed E-state index contributed by atoms with van der Waals surface area (Å²) in [6, 6.07) is 7.33. The van der Waals surface area contributed by atoms with Gasteiger partial charge in [-0.1, -0.05) is 11.6 Å². The first-order valence-corrected chi connectivity index (χ1v) is 21.6. The third kappa shape index (κ3) is 7.77. The van der Waals surface area contributed by atoms with Crippen LogP contribution in [0.25, 0.3) is 38.9 Å². The standard InChI is InChI=1S/C41H28ClF10N9O4S/c1-59-33-28(8-5-24(42)31(33)37(57-59)58-66(2,64)65)61-38(55-36-20(39(61)63)4-7-26(54-36)17-3-6-25(45)23(12-17)41(50,51)52)27(11-16-9-18(43)13-19(44)10-16)53-29(62)15-60-34-30(32(56-60)35(46)47)21-14-22(21)40(34,48)49/h3-10,12-13,21-22,27,35H,11,14-15H2,1-2H3,(H,53,62)(H,57,58)/t21-,22+,27-/m0/s1. The molecule has 1 fully saturated rings. The van der Waals surface area contributed by atoms with E-state index < -0.39 is 117 Å². The van der Waals surface area contributed by atoms with Crippen molar-refractivity contribution in [1.82, 2.24) is 39.4 Å². The van der Waals surface area contributed by atoms with Gasteiger partial charge in [0.25, 0.3) is 17.9 Å². The third-order valence-corrected chi connectivity index (χ3v) is 12.1. The van der Waals surface area contributed by atoms with Crippen molar-refractivity contribution in [2.45, 2.75) is 49.9 Å². The lowest BCUT2D eigenvalue weighted by Gasteiger charge is -2.24. The van der Waals surface area contributed by atoms with Crippen LogP contribution in [0.1, 0.15) is 58.7 Å². The Balaban J connectivity index is 1.27. The molecule has 4 heterocycles. The summed E-state index contributed by atoms with van der Waals surface area (Å²) in [6.07, 6.45) is -8.30. The van der Waals surface area contributed by atoms with Gasteiger partial charge < -0.3 is 5.32 Å². The zero-order valence-corrected chi connectivity index (χ0v) is 35.1. The number of benzene rings is 3. The van der Waals surface area contributed by atoms with Gasteiger partial charge in [0.2, 0.25) is 15.9 Å². The van der Waals surface area contributed by atoms with Gasteiger partial charge in [-0.3, -0.25) is 28.2 Å². The lowest BCUT2D eigenvalue weighted by molar-refractivity contribution is -0.140. The van der Waals surface area contributed by atoms with Crippen LogP contribution in [0.4, 0.5) is 49.7 Å². The Morgan fingerprint density at radius 2 is 1.70 bits per heavy atom. The number of carbonyl (C=O) groups is 1. The van der Waals surface area contributed by atoms with Gasteiger partial charge in [0.15, 0.2) is 11.5 Å². The molecule has 0 unspecified atom stereocenters. The largest absolute Gasteiger partial charge is 0.419 e.